The highest BCUT2D eigenvalue weighted by Crippen LogP contribution is 2.55. The molecule has 4 nitrogen and oxygen atoms in total. The van der Waals surface area contributed by atoms with E-state index in [9.17, 15) is 9.90 Å². The highest BCUT2D eigenvalue weighted by Gasteiger charge is 2.56. The molecule has 0 aromatic heterocycles. The summed E-state index contributed by atoms with van der Waals surface area (Å²) in [6, 6.07) is -0.201. The Bertz CT molecular complexity index is 286. The number of nitrogens with two attached hydrogens (primary N) is 1. The van der Waals surface area contributed by atoms with Crippen LogP contribution in [0.4, 0.5) is 0 Å². The van der Waals surface area contributed by atoms with Crippen LogP contribution in [0, 0.1) is 10.8 Å². The molecule has 2 fully saturated rings. The van der Waals surface area contributed by atoms with Crippen molar-refractivity contribution in [3.05, 3.63) is 0 Å². The molecule has 0 bridgehead atoms. The van der Waals surface area contributed by atoms with E-state index in [1.807, 2.05) is 6.92 Å². The van der Waals surface area contributed by atoms with Crippen molar-refractivity contribution in [1.29, 1.82) is 0 Å². The van der Waals surface area contributed by atoms with Crippen molar-refractivity contribution in [2.45, 2.75) is 45.1 Å². The quantitative estimate of drug-likeness (QED) is 0.747. The second-order valence-electron chi connectivity index (χ2n) is 5.41. The Labute approximate surface area is 96.2 Å². The van der Waals surface area contributed by atoms with E-state index in [0.717, 1.165) is 38.9 Å². The summed E-state index contributed by atoms with van der Waals surface area (Å²) in [6.45, 7) is 3.45. The molecular weight excluding hydrogens is 206 g/mol. The summed E-state index contributed by atoms with van der Waals surface area (Å²) in [4.78, 5) is 11.5. The summed E-state index contributed by atoms with van der Waals surface area (Å²) in [5.74, 6) is -0.717. The molecule has 16 heavy (non-hydrogen) atoms. The molecule has 2 unspecified atom stereocenters. The van der Waals surface area contributed by atoms with Crippen LogP contribution in [0.5, 0.6) is 0 Å². The van der Waals surface area contributed by atoms with Gasteiger partial charge in [-0.25, -0.2) is 0 Å². The Hall–Kier alpha value is -0.610. The molecule has 1 saturated heterocycles. The topological polar surface area (TPSA) is 72.5 Å². The molecule has 4 heteroatoms. The van der Waals surface area contributed by atoms with Gasteiger partial charge in [0, 0.05) is 19.3 Å². The predicted octanol–water partition coefficient (Wildman–Crippen LogP) is 1.39. The van der Waals surface area contributed by atoms with E-state index in [0.29, 0.717) is 6.42 Å². The summed E-state index contributed by atoms with van der Waals surface area (Å²) >= 11 is 0. The lowest BCUT2D eigenvalue weighted by molar-refractivity contribution is -0.150. The molecule has 0 amide bonds. The molecule has 0 aromatic rings. The number of rotatable bonds is 2. The number of ether oxygens (including phenoxy) is 1. The van der Waals surface area contributed by atoms with Crippen LogP contribution >= 0.6 is 0 Å². The summed E-state index contributed by atoms with van der Waals surface area (Å²) in [7, 11) is 0. The minimum atomic E-state index is -0.717. The second kappa shape index (κ2) is 4.00. The van der Waals surface area contributed by atoms with Crippen LogP contribution in [-0.2, 0) is 9.53 Å². The Morgan fingerprint density at radius 1 is 1.50 bits per heavy atom. The maximum absolute atomic E-state index is 11.5. The van der Waals surface area contributed by atoms with E-state index >= 15 is 0 Å². The first-order chi connectivity index (χ1) is 7.55. The third-order valence-corrected chi connectivity index (χ3v) is 4.66. The van der Waals surface area contributed by atoms with E-state index in [1.165, 1.54) is 0 Å². The van der Waals surface area contributed by atoms with Crippen molar-refractivity contribution >= 4 is 5.97 Å². The van der Waals surface area contributed by atoms with Crippen LogP contribution in [0.1, 0.15) is 39.0 Å². The standard InChI is InChI=1S/C12H21NO3/c1-2-12(10(14)15)8-11(7-9(12)13)3-5-16-6-4-11/h9H,2-8,13H2,1H3,(H,14,15). The van der Waals surface area contributed by atoms with Crippen molar-refractivity contribution in [2.24, 2.45) is 16.6 Å². The lowest BCUT2D eigenvalue weighted by atomic mass is 9.73. The lowest BCUT2D eigenvalue weighted by Gasteiger charge is -2.34. The zero-order valence-corrected chi connectivity index (χ0v) is 9.87. The van der Waals surface area contributed by atoms with Crippen LogP contribution in [0.2, 0.25) is 0 Å². The number of carboxylic acids is 1. The lowest BCUT2D eigenvalue weighted by Crippen LogP contribution is -2.43. The maximum Gasteiger partial charge on any atom is 0.311 e. The van der Waals surface area contributed by atoms with E-state index in [1.54, 1.807) is 0 Å². The molecule has 1 aliphatic carbocycles. The zero-order valence-electron chi connectivity index (χ0n) is 9.87. The Morgan fingerprint density at radius 3 is 2.56 bits per heavy atom. The highest BCUT2D eigenvalue weighted by atomic mass is 16.5. The molecule has 1 spiro atoms. The molecule has 2 rings (SSSR count). The van der Waals surface area contributed by atoms with Gasteiger partial charge in [0.1, 0.15) is 0 Å². The Kier molecular flexibility index (Phi) is 2.97. The minimum Gasteiger partial charge on any atom is -0.481 e. The van der Waals surface area contributed by atoms with Crippen LogP contribution in [0.25, 0.3) is 0 Å². The van der Waals surface area contributed by atoms with Crippen LogP contribution in [-0.4, -0.2) is 30.3 Å². The number of hydrogen-bond acceptors (Lipinski definition) is 3. The molecule has 2 aliphatic rings. The van der Waals surface area contributed by atoms with Gasteiger partial charge >= 0.3 is 5.97 Å². The van der Waals surface area contributed by atoms with Gasteiger partial charge in [-0.15, -0.1) is 0 Å². The van der Waals surface area contributed by atoms with Crippen LogP contribution in [0.3, 0.4) is 0 Å². The van der Waals surface area contributed by atoms with Gasteiger partial charge in [0.15, 0.2) is 0 Å². The van der Waals surface area contributed by atoms with E-state index in [4.69, 9.17) is 10.5 Å². The number of carboxylic acid groups (broad SMARTS) is 1. The fourth-order valence-corrected chi connectivity index (χ4v) is 3.49. The highest BCUT2D eigenvalue weighted by molar-refractivity contribution is 5.76. The molecule has 1 aliphatic heterocycles. The van der Waals surface area contributed by atoms with Crippen molar-refractivity contribution in [3.8, 4) is 0 Å². The smallest absolute Gasteiger partial charge is 0.311 e. The predicted molar refractivity (Wildman–Crippen MR) is 60.1 cm³/mol. The van der Waals surface area contributed by atoms with Gasteiger partial charge < -0.3 is 15.6 Å². The van der Waals surface area contributed by atoms with Crippen LogP contribution in [0.15, 0.2) is 0 Å². The van der Waals surface area contributed by atoms with Gasteiger partial charge in [-0.3, -0.25) is 4.79 Å². The monoisotopic (exact) mass is 227 g/mol. The first-order valence-electron chi connectivity index (χ1n) is 6.11. The Morgan fingerprint density at radius 2 is 2.12 bits per heavy atom. The van der Waals surface area contributed by atoms with Crippen molar-refractivity contribution in [3.63, 3.8) is 0 Å². The van der Waals surface area contributed by atoms with Gasteiger partial charge in [0.2, 0.25) is 0 Å². The Balaban J connectivity index is 2.22. The van der Waals surface area contributed by atoms with Crippen molar-refractivity contribution in [1.82, 2.24) is 0 Å². The number of aliphatic carboxylic acids is 1. The summed E-state index contributed by atoms with van der Waals surface area (Å²) in [5, 5.41) is 9.44. The average Bonchev–Trinajstić information content (AvgIpc) is 2.53. The minimum absolute atomic E-state index is 0.131. The largest absolute Gasteiger partial charge is 0.481 e. The first-order valence-corrected chi connectivity index (χ1v) is 6.11. The third kappa shape index (κ3) is 1.64. The second-order valence-corrected chi connectivity index (χ2v) is 5.41. The average molecular weight is 227 g/mol. The van der Waals surface area contributed by atoms with Gasteiger partial charge in [-0.05, 0) is 37.5 Å². The molecule has 0 aromatic carbocycles. The van der Waals surface area contributed by atoms with Crippen molar-refractivity contribution in [2.75, 3.05) is 13.2 Å². The maximum atomic E-state index is 11.5. The number of hydrogen-bond donors (Lipinski definition) is 2. The van der Waals surface area contributed by atoms with Gasteiger partial charge in [0.05, 0.1) is 5.41 Å². The third-order valence-electron chi connectivity index (χ3n) is 4.66. The first kappa shape index (κ1) is 11.9. The fourth-order valence-electron chi connectivity index (χ4n) is 3.49. The molecule has 3 N–H and O–H groups in total. The molecule has 92 valence electrons. The number of carbonyl (C=O) groups is 1. The summed E-state index contributed by atoms with van der Waals surface area (Å²) in [6.07, 6.45) is 4.14. The summed E-state index contributed by atoms with van der Waals surface area (Å²) < 4.78 is 5.37. The molecule has 1 saturated carbocycles. The van der Waals surface area contributed by atoms with Gasteiger partial charge in [-0.2, -0.15) is 0 Å². The van der Waals surface area contributed by atoms with Gasteiger partial charge in [0.25, 0.3) is 0 Å². The van der Waals surface area contributed by atoms with E-state index < -0.39 is 11.4 Å². The molecular formula is C12H21NO3. The fraction of sp³-hybridized carbons (Fsp3) is 0.917. The summed E-state index contributed by atoms with van der Waals surface area (Å²) in [5.41, 5.74) is 5.54. The van der Waals surface area contributed by atoms with Crippen molar-refractivity contribution < 1.29 is 14.6 Å². The molecule has 0 radical (unpaired) electrons. The van der Waals surface area contributed by atoms with Gasteiger partial charge in [-0.1, -0.05) is 6.92 Å². The molecule has 1 heterocycles. The van der Waals surface area contributed by atoms with E-state index in [2.05, 4.69) is 0 Å². The molecule has 2 atom stereocenters. The zero-order chi connectivity index (χ0) is 11.8. The van der Waals surface area contributed by atoms with E-state index in [-0.39, 0.29) is 11.5 Å². The SMILES string of the molecule is CCC1(C(=O)O)CC2(CCOCC2)CC1N. The van der Waals surface area contributed by atoms with Crippen LogP contribution < -0.4 is 5.73 Å². The normalized spacial score (nSPS) is 37.8.